The summed E-state index contributed by atoms with van der Waals surface area (Å²) >= 11 is 0. The first-order chi connectivity index (χ1) is 9.11. The Morgan fingerprint density at radius 2 is 2.05 bits per heavy atom. The van der Waals surface area contributed by atoms with Crippen LogP contribution in [0.15, 0.2) is 30.9 Å². The van der Waals surface area contributed by atoms with Crippen LogP contribution in [0.5, 0.6) is 0 Å². The zero-order valence-electron chi connectivity index (χ0n) is 11.7. The molecule has 2 aromatic heterocycles. The first-order valence-electron chi connectivity index (χ1n) is 6.49. The summed E-state index contributed by atoms with van der Waals surface area (Å²) < 4.78 is 1.80. The maximum absolute atomic E-state index is 5.47. The van der Waals surface area contributed by atoms with E-state index >= 15 is 0 Å². The van der Waals surface area contributed by atoms with Gasteiger partial charge in [-0.15, -0.1) is 12.3 Å². The number of aromatic nitrogens is 3. The average Bonchev–Trinajstić information content (AvgIpc) is 2.82. The molecule has 0 aliphatic rings. The summed E-state index contributed by atoms with van der Waals surface area (Å²) in [5.41, 5.74) is 3.38. The van der Waals surface area contributed by atoms with E-state index in [2.05, 4.69) is 35.9 Å². The lowest BCUT2D eigenvalue weighted by molar-refractivity contribution is 0.506. The van der Waals surface area contributed by atoms with Crippen molar-refractivity contribution >= 4 is 0 Å². The summed E-state index contributed by atoms with van der Waals surface area (Å²) in [6, 6.07) is 2.17. The molecule has 0 radical (unpaired) electrons. The molecule has 2 rings (SSSR count). The van der Waals surface area contributed by atoms with E-state index in [1.165, 1.54) is 5.56 Å². The third kappa shape index (κ3) is 3.03. The highest BCUT2D eigenvalue weighted by atomic mass is 15.2. The van der Waals surface area contributed by atoms with E-state index in [0.717, 1.165) is 17.5 Å². The van der Waals surface area contributed by atoms with Gasteiger partial charge in [0.1, 0.15) is 0 Å². The van der Waals surface area contributed by atoms with Crippen LogP contribution in [0.1, 0.15) is 31.7 Å². The third-order valence-corrected chi connectivity index (χ3v) is 3.37. The van der Waals surface area contributed by atoms with Crippen molar-refractivity contribution in [3.05, 3.63) is 36.4 Å². The molecule has 1 unspecified atom stereocenters. The highest BCUT2D eigenvalue weighted by Crippen LogP contribution is 2.29. The van der Waals surface area contributed by atoms with E-state index in [1.807, 2.05) is 31.8 Å². The first-order valence-corrected chi connectivity index (χ1v) is 6.49. The number of aryl methyl sites for hydroxylation is 1. The van der Waals surface area contributed by atoms with E-state index in [0.29, 0.717) is 11.8 Å². The molecule has 19 heavy (non-hydrogen) atoms. The normalized spacial score (nSPS) is 12.4. The van der Waals surface area contributed by atoms with Gasteiger partial charge in [0.05, 0.1) is 6.20 Å². The van der Waals surface area contributed by atoms with Crippen LogP contribution < -0.4 is 0 Å². The fraction of sp³-hybridized carbons (Fsp3) is 0.375. The Balaban J connectivity index is 2.36. The zero-order chi connectivity index (χ0) is 13.8. The number of rotatable bonds is 4. The molecule has 0 saturated carbocycles. The second-order valence-electron chi connectivity index (χ2n) is 5.17. The maximum atomic E-state index is 5.47. The molecule has 0 bridgehead atoms. The molecular formula is C16H19N3. The van der Waals surface area contributed by atoms with Gasteiger partial charge < -0.3 is 0 Å². The molecule has 0 spiro atoms. The van der Waals surface area contributed by atoms with Crippen LogP contribution in [-0.4, -0.2) is 14.8 Å². The summed E-state index contributed by atoms with van der Waals surface area (Å²) in [4.78, 5) is 4.35. The lowest BCUT2D eigenvalue weighted by Crippen LogP contribution is -2.06. The molecule has 2 heterocycles. The van der Waals surface area contributed by atoms with E-state index in [4.69, 9.17) is 6.42 Å². The molecule has 1 atom stereocenters. The van der Waals surface area contributed by atoms with Crippen LogP contribution >= 0.6 is 0 Å². The minimum Gasteiger partial charge on any atom is -0.275 e. The minimum atomic E-state index is 0.356. The van der Waals surface area contributed by atoms with E-state index in [1.54, 1.807) is 4.68 Å². The summed E-state index contributed by atoms with van der Waals surface area (Å²) in [5, 5.41) is 4.20. The number of hydrogen-bond acceptors (Lipinski definition) is 2. The van der Waals surface area contributed by atoms with Crippen molar-refractivity contribution < 1.29 is 0 Å². The molecule has 0 aromatic carbocycles. The molecule has 0 saturated heterocycles. The third-order valence-electron chi connectivity index (χ3n) is 3.37. The van der Waals surface area contributed by atoms with Gasteiger partial charge in [-0.05, 0) is 23.5 Å². The predicted molar refractivity (Wildman–Crippen MR) is 77.5 cm³/mol. The summed E-state index contributed by atoms with van der Waals surface area (Å²) in [6.45, 7) is 4.39. The summed E-state index contributed by atoms with van der Waals surface area (Å²) in [5.74, 6) is 3.62. The summed E-state index contributed by atoms with van der Waals surface area (Å²) in [7, 11) is 1.91. The van der Waals surface area contributed by atoms with Crippen molar-refractivity contribution in [2.45, 2.75) is 26.2 Å². The van der Waals surface area contributed by atoms with Crippen LogP contribution in [0, 0.1) is 18.3 Å². The van der Waals surface area contributed by atoms with Gasteiger partial charge in [0.25, 0.3) is 0 Å². The predicted octanol–water partition coefficient (Wildman–Crippen LogP) is 3.25. The van der Waals surface area contributed by atoms with Crippen LogP contribution in [0.3, 0.4) is 0 Å². The molecule has 3 heteroatoms. The topological polar surface area (TPSA) is 30.7 Å². The van der Waals surface area contributed by atoms with Gasteiger partial charge >= 0.3 is 0 Å². The fourth-order valence-electron chi connectivity index (χ4n) is 2.25. The zero-order valence-corrected chi connectivity index (χ0v) is 11.7. The molecule has 98 valence electrons. The van der Waals surface area contributed by atoms with Crippen LogP contribution in [0.4, 0.5) is 0 Å². The highest BCUT2D eigenvalue weighted by molar-refractivity contribution is 5.61. The van der Waals surface area contributed by atoms with Gasteiger partial charge in [-0.1, -0.05) is 13.8 Å². The Labute approximate surface area is 114 Å². The largest absolute Gasteiger partial charge is 0.275 e. The molecule has 2 aromatic rings. The van der Waals surface area contributed by atoms with Crippen molar-refractivity contribution in [1.29, 1.82) is 0 Å². The average molecular weight is 253 g/mol. The Kier molecular flexibility index (Phi) is 4.01. The van der Waals surface area contributed by atoms with Crippen molar-refractivity contribution in [3.63, 3.8) is 0 Å². The van der Waals surface area contributed by atoms with Gasteiger partial charge in [-0.25, -0.2) is 0 Å². The number of terminal acetylenes is 1. The Hall–Kier alpha value is -2.08. The van der Waals surface area contributed by atoms with Crippen molar-refractivity contribution in [2.24, 2.45) is 13.0 Å². The van der Waals surface area contributed by atoms with E-state index < -0.39 is 0 Å². The van der Waals surface area contributed by atoms with E-state index in [9.17, 15) is 0 Å². The minimum absolute atomic E-state index is 0.356. The lowest BCUT2D eigenvalue weighted by Gasteiger charge is -2.19. The molecule has 0 N–H and O–H groups in total. The SMILES string of the molecule is C#CCC(c1cncc(-c2cnn(C)c2)c1)C(C)C. The molecule has 0 fully saturated rings. The Morgan fingerprint density at radius 1 is 1.26 bits per heavy atom. The lowest BCUT2D eigenvalue weighted by atomic mass is 9.86. The fourth-order valence-corrected chi connectivity index (χ4v) is 2.25. The standard InChI is InChI=1S/C16H19N3/c1-5-6-16(12(2)3)14-7-13(8-17-9-14)15-10-18-19(4)11-15/h1,7-12,16H,6H2,2-4H3. The molecular weight excluding hydrogens is 234 g/mol. The monoisotopic (exact) mass is 253 g/mol. The Morgan fingerprint density at radius 3 is 2.63 bits per heavy atom. The van der Waals surface area contributed by atoms with Crippen molar-refractivity contribution in [1.82, 2.24) is 14.8 Å². The van der Waals surface area contributed by atoms with Gasteiger partial charge in [-0.3, -0.25) is 9.67 Å². The molecule has 0 amide bonds. The van der Waals surface area contributed by atoms with Gasteiger partial charge in [-0.2, -0.15) is 5.10 Å². The Bertz CT molecular complexity index is 590. The second kappa shape index (κ2) is 5.71. The van der Waals surface area contributed by atoms with Gasteiger partial charge in [0, 0.05) is 43.2 Å². The van der Waals surface area contributed by atoms with Crippen molar-refractivity contribution in [2.75, 3.05) is 0 Å². The van der Waals surface area contributed by atoms with Crippen molar-refractivity contribution in [3.8, 4) is 23.5 Å². The smallest absolute Gasteiger partial charge is 0.0568 e. The molecule has 0 aliphatic carbocycles. The maximum Gasteiger partial charge on any atom is 0.0568 e. The number of nitrogens with zero attached hydrogens (tertiary/aromatic N) is 3. The molecule has 3 nitrogen and oxygen atoms in total. The van der Waals surface area contributed by atoms with Crippen LogP contribution in [0.25, 0.3) is 11.1 Å². The number of hydrogen-bond donors (Lipinski definition) is 0. The summed E-state index contributed by atoms with van der Waals surface area (Å²) in [6.07, 6.45) is 13.9. The molecule has 0 aliphatic heterocycles. The van der Waals surface area contributed by atoms with Gasteiger partial charge in [0.15, 0.2) is 0 Å². The van der Waals surface area contributed by atoms with Crippen LogP contribution in [0.2, 0.25) is 0 Å². The van der Waals surface area contributed by atoms with E-state index in [-0.39, 0.29) is 0 Å². The quantitative estimate of drug-likeness (QED) is 0.783. The first kappa shape index (κ1) is 13.4. The van der Waals surface area contributed by atoms with Crippen LogP contribution in [-0.2, 0) is 7.05 Å². The van der Waals surface area contributed by atoms with Gasteiger partial charge in [0.2, 0.25) is 0 Å². The second-order valence-corrected chi connectivity index (χ2v) is 5.17. The number of pyridine rings is 1. The highest BCUT2D eigenvalue weighted by Gasteiger charge is 2.16.